The van der Waals surface area contributed by atoms with E-state index in [4.69, 9.17) is 4.74 Å². The van der Waals surface area contributed by atoms with Crippen molar-refractivity contribution in [2.24, 2.45) is 0 Å². The van der Waals surface area contributed by atoms with Gasteiger partial charge >= 0.3 is 18.4 Å². The van der Waals surface area contributed by atoms with Gasteiger partial charge in [0.05, 0.1) is 34.9 Å². The van der Waals surface area contributed by atoms with Crippen molar-refractivity contribution >= 4 is 29.2 Å². The number of fused-ring (bicyclic) bond motifs is 2. The lowest BCUT2D eigenvalue weighted by molar-refractivity contribution is -0.137. The van der Waals surface area contributed by atoms with E-state index in [1.165, 1.54) is 40.3 Å². The molecule has 0 spiro atoms. The Morgan fingerprint density at radius 3 is 1.46 bits per heavy atom. The van der Waals surface area contributed by atoms with E-state index in [-0.39, 0.29) is 48.0 Å². The van der Waals surface area contributed by atoms with E-state index in [9.17, 15) is 49.5 Å². The van der Waals surface area contributed by atoms with Gasteiger partial charge in [-0.1, -0.05) is 0 Å². The number of ether oxygens (including phenoxy) is 1. The van der Waals surface area contributed by atoms with Crippen LogP contribution in [0.15, 0.2) is 73.1 Å². The number of halogens is 8. The van der Waals surface area contributed by atoms with Gasteiger partial charge in [0.2, 0.25) is 0 Å². The maximum Gasteiger partial charge on any atom is 0.420 e. The zero-order chi connectivity index (χ0) is 49.0. The minimum atomic E-state index is -4.77. The van der Waals surface area contributed by atoms with Gasteiger partial charge < -0.3 is 24.8 Å². The van der Waals surface area contributed by atoms with Gasteiger partial charge in [-0.05, 0) is 109 Å². The van der Waals surface area contributed by atoms with Gasteiger partial charge in [0, 0.05) is 50.4 Å². The van der Waals surface area contributed by atoms with Gasteiger partial charge in [-0.15, -0.1) is 0 Å². The van der Waals surface area contributed by atoms with Gasteiger partial charge in [0.25, 0.3) is 11.8 Å². The molecule has 67 heavy (non-hydrogen) atoms. The number of hydrogen-bond donors (Lipinski definition) is 1. The predicted molar refractivity (Wildman–Crippen MR) is 228 cm³/mol. The molecular formula is C45H46F8N10O4. The number of piperazine rings is 2. The number of amides is 3. The van der Waals surface area contributed by atoms with Crippen LogP contribution >= 0.6 is 0 Å². The summed E-state index contributed by atoms with van der Waals surface area (Å²) in [6.07, 6.45) is -7.64. The largest absolute Gasteiger partial charge is 0.444 e. The third-order valence-corrected chi connectivity index (χ3v) is 11.0. The molecule has 0 saturated carbocycles. The van der Waals surface area contributed by atoms with Gasteiger partial charge in [0.15, 0.2) is 11.3 Å². The number of hydrogen-bond acceptors (Lipinski definition) is 9. The lowest BCUT2D eigenvalue weighted by atomic mass is 9.98. The normalized spacial score (nSPS) is 16.5. The molecule has 22 heteroatoms. The second kappa shape index (κ2) is 17.5. The highest BCUT2D eigenvalue weighted by Gasteiger charge is 2.42. The third-order valence-electron chi connectivity index (χ3n) is 11.0. The molecule has 6 heterocycles. The SMILES string of the molecule is CC(C)(C)OC(=O)N1CCN(C(=O)c2cn3nc(-c4ccc(F)cc4)cc(C(F)(F)F)c3n2)C(C)(C)C1.CC1(C)CNCCN1C(=O)c1cn2nc(-c3ccc(F)cc3)cc(C(F)(F)F)c2n1. The highest BCUT2D eigenvalue weighted by Crippen LogP contribution is 2.37. The molecule has 6 aromatic rings. The van der Waals surface area contributed by atoms with Crippen LogP contribution in [-0.2, 0) is 17.1 Å². The summed E-state index contributed by atoms with van der Waals surface area (Å²) in [5, 5.41) is 11.6. The summed E-state index contributed by atoms with van der Waals surface area (Å²) in [6, 6.07) is 11.5. The molecule has 4 aromatic heterocycles. The van der Waals surface area contributed by atoms with Crippen LogP contribution in [0.5, 0.6) is 0 Å². The van der Waals surface area contributed by atoms with Crippen LogP contribution in [0.3, 0.4) is 0 Å². The summed E-state index contributed by atoms with van der Waals surface area (Å²) >= 11 is 0. The second-order valence-corrected chi connectivity index (χ2v) is 18.3. The van der Waals surface area contributed by atoms with Crippen LogP contribution < -0.4 is 5.32 Å². The maximum atomic E-state index is 13.9. The van der Waals surface area contributed by atoms with E-state index in [0.29, 0.717) is 25.2 Å². The molecule has 0 atom stereocenters. The maximum absolute atomic E-state index is 13.9. The topological polar surface area (TPSA) is 143 Å². The highest BCUT2D eigenvalue weighted by molar-refractivity contribution is 5.94. The zero-order valence-electron chi connectivity index (χ0n) is 37.4. The molecule has 2 aliphatic heterocycles. The van der Waals surface area contributed by atoms with Crippen LogP contribution in [0, 0.1) is 11.6 Å². The van der Waals surface area contributed by atoms with Gasteiger partial charge in [0.1, 0.15) is 39.8 Å². The lowest BCUT2D eigenvalue weighted by Crippen LogP contribution is -2.62. The number of carbonyl (C=O) groups excluding carboxylic acids is 3. The van der Waals surface area contributed by atoms with E-state index < -0.39 is 81.0 Å². The second-order valence-electron chi connectivity index (χ2n) is 18.3. The fourth-order valence-electron chi connectivity index (χ4n) is 7.75. The molecule has 356 valence electrons. The zero-order valence-corrected chi connectivity index (χ0v) is 37.4. The summed E-state index contributed by atoms with van der Waals surface area (Å²) in [5.41, 5.74) is -4.90. The molecule has 2 aliphatic rings. The Bertz CT molecular complexity index is 2830. The minimum Gasteiger partial charge on any atom is -0.444 e. The standard InChI is InChI=1S/C25H27F4N5O3.C20H19F4N5O/c1-23(2,3)37-22(36)32-10-11-33(24(4,5)14-32)21(35)19-13-34-20(30-19)17(25(27,28)29)12-18(31-34)15-6-8-16(26)9-7-15;1-19(2)11-25-7-8-28(19)18(30)16-10-29-17(26-16)14(20(22,23)24)9-15(27-29)12-3-5-13(21)6-4-12/h6-9,12-13H,10-11,14H2,1-5H3;3-6,9-10,25H,7-8,11H2,1-2H3. The van der Waals surface area contributed by atoms with Crippen LogP contribution in [0.1, 0.15) is 80.6 Å². The number of nitrogens with zero attached hydrogens (tertiary/aromatic N) is 9. The summed E-state index contributed by atoms with van der Waals surface area (Å²) in [6.45, 7) is 14.6. The van der Waals surface area contributed by atoms with E-state index in [0.717, 1.165) is 51.6 Å². The van der Waals surface area contributed by atoms with E-state index in [1.807, 2.05) is 13.8 Å². The molecule has 14 nitrogen and oxygen atoms in total. The van der Waals surface area contributed by atoms with Crippen molar-refractivity contribution in [3.63, 3.8) is 0 Å². The van der Waals surface area contributed by atoms with Crippen LogP contribution in [0.25, 0.3) is 33.8 Å². The first kappa shape index (κ1) is 48.2. The summed E-state index contributed by atoms with van der Waals surface area (Å²) < 4.78 is 117. The molecule has 0 aliphatic carbocycles. The van der Waals surface area contributed by atoms with Crippen LogP contribution in [0.4, 0.5) is 39.9 Å². The quantitative estimate of drug-likeness (QED) is 0.173. The van der Waals surface area contributed by atoms with Crippen molar-refractivity contribution in [1.29, 1.82) is 0 Å². The Kier molecular flexibility index (Phi) is 12.6. The average molecular weight is 943 g/mol. The Balaban J connectivity index is 0.000000203. The molecule has 3 amide bonds. The van der Waals surface area contributed by atoms with Crippen LogP contribution in [0.2, 0.25) is 0 Å². The summed E-state index contributed by atoms with van der Waals surface area (Å²) in [4.78, 5) is 51.5. The Hall–Kier alpha value is -6.71. The number of alkyl halides is 6. The molecule has 2 aromatic carbocycles. The molecule has 0 bridgehead atoms. The first-order chi connectivity index (χ1) is 31.1. The average Bonchev–Trinajstić information content (AvgIpc) is 3.86. The third kappa shape index (κ3) is 10.5. The lowest BCUT2D eigenvalue weighted by Gasteiger charge is -2.46. The van der Waals surface area contributed by atoms with Gasteiger partial charge in [-0.3, -0.25) is 9.59 Å². The Morgan fingerprint density at radius 1 is 0.642 bits per heavy atom. The number of aromatic nitrogens is 6. The molecular weight excluding hydrogens is 897 g/mol. The van der Waals surface area contributed by atoms with E-state index >= 15 is 0 Å². The smallest absolute Gasteiger partial charge is 0.420 e. The molecule has 1 N–H and O–H groups in total. The van der Waals surface area contributed by atoms with Gasteiger partial charge in [-0.2, -0.15) is 36.5 Å². The van der Waals surface area contributed by atoms with Crippen molar-refractivity contribution in [2.45, 2.75) is 77.5 Å². The fourth-order valence-corrected chi connectivity index (χ4v) is 7.75. The molecule has 8 rings (SSSR count). The van der Waals surface area contributed by atoms with Crippen molar-refractivity contribution in [3.05, 3.63) is 107 Å². The Labute approximate surface area is 378 Å². The molecule has 0 unspecified atom stereocenters. The number of imidazole rings is 2. The monoisotopic (exact) mass is 942 g/mol. The van der Waals surface area contributed by atoms with Gasteiger partial charge in [-0.25, -0.2) is 32.6 Å². The molecule has 2 saturated heterocycles. The molecule has 0 radical (unpaired) electrons. The first-order valence-electron chi connectivity index (χ1n) is 20.9. The summed E-state index contributed by atoms with van der Waals surface area (Å²) in [7, 11) is 0. The van der Waals surface area contributed by atoms with Crippen LogP contribution in [-0.4, -0.2) is 118 Å². The Morgan fingerprint density at radius 2 is 1.07 bits per heavy atom. The van der Waals surface area contributed by atoms with Crippen molar-refractivity contribution < 1.29 is 54.2 Å². The fraction of sp³-hybridized carbons (Fsp3) is 0.400. The van der Waals surface area contributed by atoms with Crippen molar-refractivity contribution in [2.75, 3.05) is 39.3 Å². The summed E-state index contributed by atoms with van der Waals surface area (Å²) in [5.74, 6) is -2.09. The minimum absolute atomic E-state index is 0.00581. The van der Waals surface area contributed by atoms with Crippen molar-refractivity contribution in [1.82, 2.24) is 49.2 Å². The van der Waals surface area contributed by atoms with E-state index in [2.05, 4.69) is 25.5 Å². The molecule has 2 fully saturated rings. The number of carbonyl (C=O) groups is 3. The first-order valence-corrected chi connectivity index (χ1v) is 20.9. The highest BCUT2D eigenvalue weighted by atomic mass is 19.4. The number of rotatable bonds is 4. The number of benzene rings is 2. The van der Waals surface area contributed by atoms with Crippen molar-refractivity contribution in [3.8, 4) is 22.5 Å². The van der Waals surface area contributed by atoms with E-state index in [1.54, 1.807) is 39.5 Å². The predicted octanol–water partition coefficient (Wildman–Crippen LogP) is 8.40. The number of nitrogens with one attached hydrogen (secondary N) is 1.